The van der Waals surface area contributed by atoms with Crippen molar-refractivity contribution in [1.82, 2.24) is 4.90 Å². The lowest BCUT2D eigenvalue weighted by Gasteiger charge is -2.34. The molecule has 0 aromatic heterocycles. The number of hydrogen-bond donors (Lipinski definition) is 1. The summed E-state index contributed by atoms with van der Waals surface area (Å²) >= 11 is 0. The molecule has 1 unspecified atom stereocenters. The van der Waals surface area contributed by atoms with Gasteiger partial charge in [0.2, 0.25) is 0 Å². The van der Waals surface area contributed by atoms with E-state index in [9.17, 15) is 5.11 Å². The highest BCUT2D eigenvalue weighted by molar-refractivity contribution is 4.75. The molecule has 0 radical (unpaired) electrons. The number of nitrogens with zero attached hydrogens (tertiary/aromatic N) is 1. The van der Waals surface area contributed by atoms with Gasteiger partial charge in [-0.3, -0.25) is 0 Å². The summed E-state index contributed by atoms with van der Waals surface area (Å²) in [7, 11) is 4.07. The third-order valence-corrected chi connectivity index (χ3v) is 2.20. The molecular weight excluding hydrogens is 166 g/mol. The van der Waals surface area contributed by atoms with E-state index in [0.717, 1.165) is 12.8 Å². The van der Waals surface area contributed by atoms with Crippen molar-refractivity contribution in [2.24, 2.45) is 0 Å². The molecule has 1 aliphatic rings. The first kappa shape index (κ1) is 12.9. The molecule has 3 heteroatoms. The maximum absolute atomic E-state index is 9.25. The first-order chi connectivity index (χ1) is 6.09. The molecule has 1 aliphatic heterocycles. The summed E-state index contributed by atoms with van der Waals surface area (Å²) in [6.45, 7) is 6.00. The first-order valence-electron chi connectivity index (χ1n) is 5.09. The zero-order valence-electron chi connectivity index (χ0n) is 9.45. The van der Waals surface area contributed by atoms with Gasteiger partial charge in [0.05, 0.1) is 6.10 Å². The van der Waals surface area contributed by atoms with E-state index in [1.54, 1.807) is 0 Å². The molecule has 0 aromatic rings. The van der Waals surface area contributed by atoms with E-state index < -0.39 is 6.29 Å². The molecule has 3 atom stereocenters. The van der Waals surface area contributed by atoms with Crippen LogP contribution < -0.4 is 0 Å². The van der Waals surface area contributed by atoms with Gasteiger partial charge < -0.3 is 14.7 Å². The topological polar surface area (TPSA) is 32.7 Å². The third kappa shape index (κ3) is 4.60. The summed E-state index contributed by atoms with van der Waals surface area (Å²) in [4.78, 5) is 2.14. The standard InChI is InChI=1S/C8H17NO2.C2H6/c1-6-4-7(9(2)3)5-8(10)11-6;1-2/h6-8,10H,4-5H2,1-3H3;1-2H3/t6-,7+,8?;/m1./s1. The second-order valence-corrected chi connectivity index (χ2v) is 3.49. The average Bonchev–Trinajstić information content (AvgIpc) is 2.06. The summed E-state index contributed by atoms with van der Waals surface area (Å²) in [5, 5.41) is 9.25. The van der Waals surface area contributed by atoms with E-state index >= 15 is 0 Å². The number of aliphatic hydroxyl groups excluding tert-OH is 1. The third-order valence-electron chi connectivity index (χ3n) is 2.20. The molecule has 80 valence electrons. The van der Waals surface area contributed by atoms with Crippen LogP contribution in [0.15, 0.2) is 0 Å². The van der Waals surface area contributed by atoms with E-state index in [2.05, 4.69) is 4.90 Å². The zero-order valence-corrected chi connectivity index (χ0v) is 9.45. The Morgan fingerprint density at radius 3 is 2.15 bits per heavy atom. The maximum atomic E-state index is 9.25. The van der Waals surface area contributed by atoms with Crippen LogP contribution in [0.2, 0.25) is 0 Å². The molecular formula is C10H23NO2. The highest BCUT2D eigenvalue weighted by atomic mass is 16.6. The smallest absolute Gasteiger partial charge is 0.156 e. The van der Waals surface area contributed by atoms with Crippen molar-refractivity contribution in [3.8, 4) is 0 Å². The fraction of sp³-hybridized carbons (Fsp3) is 1.00. The fourth-order valence-electron chi connectivity index (χ4n) is 1.51. The van der Waals surface area contributed by atoms with Crippen molar-refractivity contribution >= 4 is 0 Å². The molecule has 0 saturated carbocycles. The zero-order chi connectivity index (χ0) is 10.4. The minimum absolute atomic E-state index is 0.186. The lowest BCUT2D eigenvalue weighted by atomic mass is 10.0. The predicted molar refractivity (Wildman–Crippen MR) is 54.6 cm³/mol. The lowest BCUT2D eigenvalue weighted by molar-refractivity contribution is -0.172. The van der Waals surface area contributed by atoms with Crippen molar-refractivity contribution in [1.29, 1.82) is 0 Å². The molecule has 1 saturated heterocycles. The predicted octanol–water partition coefficient (Wildman–Crippen LogP) is 1.46. The Morgan fingerprint density at radius 1 is 1.23 bits per heavy atom. The van der Waals surface area contributed by atoms with E-state index in [-0.39, 0.29) is 6.10 Å². The van der Waals surface area contributed by atoms with Gasteiger partial charge in [-0.2, -0.15) is 0 Å². The Labute approximate surface area is 81.7 Å². The number of hydrogen-bond acceptors (Lipinski definition) is 3. The molecule has 0 amide bonds. The van der Waals surface area contributed by atoms with Crippen LogP contribution in [-0.2, 0) is 4.74 Å². The van der Waals surface area contributed by atoms with Gasteiger partial charge in [0.1, 0.15) is 0 Å². The quantitative estimate of drug-likeness (QED) is 0.678. The summed E-state index contributed by atoms with van der Waals surface area (Å²) in [6.07, 6.45) is 1.37. The van der Waals surface area contributed by atoms with Gasteiger partial charge in [-0.05, 0) is 27.4 Å². The highest BCUT2D eigenvalue weighted by Crippen LogP contribution is 2.20. The van der Waals surface area contributed by atoms with Gasteiger partial charge in [0.15, 0.2) is 6.29 Å². The molecule has 1 rings (SSSR count). The fourth-order valence-corrected chi connectivity index (χ4v) is 1.51. The van der Waals surface area contributed by atoms with Crippen LogP contribution in [0.5, 0.6) is 0 Å². The van der Waals surface area contributed by atoms with E-state index in [0.29, 0.717) is 6.04 Å². The number of ether oxygens (including phenoxy) is 1. The second-order valence-electron chi connectivity index (χ2n) is 3.49. The van der Waals surface area contributed by atoms with Crippen LogP contribution >= 0.6 is 0 Å². The molecule has 1 fully saturated rings. The van der Waals surface area contributed by atoms with Crippen molar-refractivity contribution in [2.45, 2.75) is 52.0 Å². The summed E-state index contributed by atoms with van der Waals surface area (Å²) in [5.41, 5.74) is 0. The van der Waals surface area contributed by atoms with Gasteiger partial charge >= 0.3 is 0 Å². The van der Waals surface area contributed by atoms with Crippen LogP contribution in [0.3, 0.4) is 0 Å². The first-order valence-corrected chi connectivity index (χ1v) is 5.09. The SMILES string of the molecule is CC.C[C@@H]1C[C@H](N(C)C)CC(O)O1. The van der Waals surface area contributed by atoms with Crippen LogP contribution in [0.25, 0.3) is 0 Å². The van der Waals surface area contributed by atoms with Crippen molar-refractivity contribution in [3.63, 3.8) is 0 Å². The molecule has 13 heavy (non-hydrogen) atoms. The molecule has 1 N–H and O–H groups in total. The minimum atomic E-state index is -0.564. The molecule has 3 nitrogen and oxygen atoms in total. The summed E-state index contributed by atoms with van der Waals surface area (Å²) < 4.78 is 5.20. The van der Waals surface area contributed by atoms with Gasteiger partial charge in [-0.25, -0.2) is 0 Å². The van der Waals surface area contributed by atoms with E-state index in [1.165, 1.54) is 0 Å². The van der Waals surface area contributed by atoms with Gasteiger partial charge in [0.25, 0.3) is 0 Å². The van der Waals surface area contributed by atoms with Crippen molar-refractivity contribution in [3.05, 3.63) is 0 Å². The largest absolute Gasteiger partial charge is 0.368 e. The summed E-state index contributed by atoms with van der Waals surface area (Å²) in [6, 6.07) is 0.466. The van der Waals surface area contributed by atoms with E-state index in [4.69, 9.17) is 4.74 Å². The molecule has 0 bridgehead atoms. The lowest BCUT2D eigenvalue weighted by Crippen LogP contribution is -2.41. The molecule has 0 aromatic carbocycles. The van der Waals surface area contributed by atoms with Crippen LogP contribution in [0, 0.1) is 0 Å². The number of rotatable bonds is 1. The normalized spacial score (nSPS) is 33.9. The Hall–Kier alpha value is -0.120. The van der Waals surface area contributed by atoms with E-state index in [1.807, 2.05) is 34.9 Å². The Bertz CT molecular complexity index is 118. The van der Waals surface area contributed by atoms with Crippen molar-refractivity contribution in [2.75, 3.05) is 14.1 Å². The van der Waals surface area contributed by atoms with Gasteiger partial charge in [-0.1, -0.05) is 13.8 Å². The Balaban J connectivity index is 0.000000671. The Kier molecular flexibility index (Phi) is 6.29. The summed E-state index contributed by atoms with van der Waals surface area (Å²) in [5.74, 6) is 0. The monoisotopic (exact) mass is 189 g/mol. The highest BCUT2D eigenvalue weighted by Gasteiger charge is 2.26. The minimum Gasteiger partial charge on any atom is -0.368 e. The number of aliphatic hydroxyl groups is 1. The van der Waals surface area contributed by atoms with Crippen LogP contribution in [-0.4, -0.2) is 42.5 Å². The Morgan fingerprint density at radius 2 is 1.77 bits per heavy atom. The maximum Gasteiger partial charge on any atom is 0.156 e. The average molecular weight is 189 g/mol. The molecule has 0 spiro atoms. The second kappa shape index (κ2) is 6.35. The van der Waals surface area contributed by atoms with Crippen LogP contribution in [0.4, 0.5) is 0 Å². The van der Waals surface area contributed by atoms with Crippen molar-refractivity contribution < 1.29 is 9.84 Å². The van der Waals surface area contributed by atoms with Crippen LogP contribution in [0.1, 0.15) is 33.6 Å². The molecule has 1 heterocycles. The van der Waals surface area contributed by atoms with Gasteiger partial charge in [0, 0.05) is 12.5 Å². The molecule has 0 aliphatic carbocycles. The van der Waals surface area contributed by atoms with Gasteiger partial charge in [-0.15, -0.1) is 0 Å².